The van der Waals surface area contributed by atoms with Gasteiger partial charge in [-0.25, -0.2) is 15.0 Å². The summed E-state index contributed by atoms with van der Waals surface area (Å²) in [5, 5.41) is 0.940. The number of aromatic nitrogens is 3. The van der Waals surface area contributed by atoms with Gasteiger partial charge in [0.1, 0.15) is 10.8 Å². The number of hydrogen-bond acceptors (Lipinski definition) is 5. The van der Waals surface area contributed by atoms with Crippen LogP contribution in [0, 0.1) is 0 Å². The van der Waals surface area contributed by atoms with Crippen molar-refractivity contribution in [2.75, 3.05) is 7.11 Å². The summed E-state index contributed by atoms with van der Waals surface area (Å²) in [7, 11) is 1.67. The monoisotopic (exact) mass is 345 g/mol. The molecule has 4 nitrogen and oxygen atoms in total. The van der Waals surface area contributed by atoms with Crippen molar-refractivity contribution in [2.24, 2.45) is 0 Å². The lowest BCUT2D eigenvalue weighted by Crippen LogP contribution is -1.88. The van der Waals surface area contributed by atoms with Crippen molar-refractivity contribution in [3.8, 4) is 17.1 Å². The molecule has 0 radical (unpaired) electrons. The average molecular weight is 345 g/mol. The van der Waals surface area contributed by atoms with Crippen LogP contribution in [0.25, 0.3) is 33.8 Å². The zero-order valence-corrected chi connectivity index (χ0v) is 14.4. The van der Waals surface area contributed by atoms with Crippen LogP contribution in [-0.2, 0) is 0 Å². The maximum absolute atomic E-state index is 5.25. The van der Waals surface area contributed by atoms with E-state index in [1.165, 1.54) is 0 Å². The first-order valence-electron chi connectivity index (χ1n) is 7.82. The largest absolute Gasteiger partial charge is 0.497 e. The molecule has 5 heteroatoms. The standard InChI is InChI=1S/C20H15N3OS/c1-24-16-8-9-17-18(11-16)25-19(23-17)10-7-14-12-21-20(22-13-14)15-5-3-2-4-6-15/h2-13H,1H3/b10-7+. The number of nitrogens with zero attached hydrogens (tertiary/aromatic N) is 3. The Balaban J connectivity index is 1.55. The molecule has 4 aromatic rings. The molecule has 0 spiro atoms. The molecule has 0 unspecified atom stereocenters. The maximum Gasteiger partial charge on any atom is 0.159 e. The van der Waals surface area contributed by atoms with Crippen LogP contribution in [-0.4, -0.2) is 22.1 Å². The summed E-state index contributed by atoms with van der Waals surface area (Å²) in [6, 6.07) is 15.8. The topological polar surface area (TPSA) is 47.9 Å². The SMILES string of the molecule is COc1ccc2nc(/C=C/c3cnc(-c4ccccc4)nc3)sc2c1. The molecule has 0 fully saturated rings. The minimum absolute atomic E-state index is 0.727. The van der Waals surface area contributed by atoms with Crippen LogP contribution in [0.2, 0.25) is 0 Å². The number of rotatable bonds is 4. The molecular formula is C20H15N3OS. The van der Waals surface area contributed by atoms with E-state index < -0.39 is 0 Å². The number of ether oxygens (including phenoxy) is 1. The first-order valence-corrected chi connectivity index (χ1v) is 8.63. The van der Waals surface area contributed by atoms with Crippen LogP contribution < -0.4 is 4.74 Å². The lowest BCUT2D eigenvalue weighted by Gasteiger charge is -1.99. The average Bonchev–Trinajstić information content (AvgIpc) is 3.09. The normalized spacial score (nSPS) is 11.2. The summed E-state index contributed by atoms with van der Waals surface area (Å²) in [5.41, 5.74) is 2.93. The molecule has 0 saturated heterocycles. The van der Waals surface area contributed by atoms with E-state index in [9.17, 15) is 0 Å². The highest BCUT2D eigenvalue weighted by molar-refractivity contribution is 7.19. The quantitative estimate of drug-likeness (QED) is 0.526. The fourth-order valence-electron chi connectivity index (χ4n) is 2.45. The summed E-state index contributed by atoms with van der Waals surface area (Å²) in [5.74, 6) is 1.57. The van der Waals surface area contributed by atoms with Gasteiger partial charge in [0.2, 0.25) is 0 Å². The van der Waals surface area contributed by atoms with Crippen LogP contribution in [0.3, 0.4) is 0 Å². The number of benzene rings is 2. The first kappa shape index (κ1) is 15.5. The molecular weight excluding hydrogens is 330 g/mol. The Morgan fingerprint density at radius 2 is 1.76 bits per heavy atom. The van der Waals surface area contributed by atoms with Crippen LogP contribution >= 0.6 is 11.3 Å². The number of methoxy groups -OCH3 is 1. The Hall–Kier alpha value is -3.05. The van der Waals surface area contributed by atoms with Crippen molar-refractivity contribution >= 4 is 33.7 Å². The summed E-state index contributed by atoms with van der Waals surface area (Å²) in [4.78, 5) is 13.5. The Bertz CT molecular complexity index is 1020. The number of hydrogen-bond donors (Lipinski definition) is 0. The highest BCUT2D eigenvalue weighted by Crippen LogP contribution is 2.27. The summed E-state index contributed by atoms with van der Waals surface area (Å²) >= 11 is 1.63. The van der Waals surface area contributed by atoms with Gasteiger partial charge in [0.15, 0.2) is 5.82 Å². The van der Waals surface area contributed by atoms with Gasteiger partial charge in [-0.2, -0.15) is 0 Å². The van der Waals surface area contributed by atoms with Gasteiger partial charge in [0.25, 0.3) is 0 Å². The lowest BCUT2D eigenvalue weighted by atomic mass is 10.2. The second-order valence-corrected chi connectivity index (χ2v) is 6.49. The molecule has 0 atom stereocenters. The number of fused-ring (bicyclic) bond motifs is 1. The van der Waals surface area contributed by atoms with Gasteiger partial charge in [-0.05, 0) is 30.4 Å². The maximum atomic E-state index is 5.25. The molecule has 0 aliphatic heterocycles. The zero-order chi connectivity index (χ0) is 17.1. The lowest BCUT2D eigenvalue weighted by molar-refractivity contribution is 0.415. The summed E-state index contributed by atoms with van der Waals surface area (Å²) in [6.45, 7) is 0. The minimum Gasteiger partial charge on any atom is -0.497 e. The van der Waals surface area contributed by atoms with Gasteiger partial charge in [0, 0.05) is 23.5 Å². The van der Waals surface area contributed by atoms with Crippen molar-refractivity contribution in [3.63, 3.8) is 0 Å². The third-order valence-corrected chi connectivity index (χ3v) is 4.72. The van der Waals surface area contributed by atoms with Gasteiger partial charge < -0.3 is 4.74 Å². The smallest absolute Gasteiger partial charge is 0.159 e. The van der Waals surface area contributed by atoms with Crippen molar-refractivity contribution in [2.45, 2.75) is 0 Å². The highest BCUT2D eigenvalue weighted by atomic mass is 32.1. The van der Waals surface area contributed by atoms with Gasteiger partial charge in [-0.15, -0.1) is 11.3 Å². The van der Waals surface area contributed by atoms with E-state index in [-0.39, 0.29) is 0 Å². The van der Waals surface area contributed by atoms with Gasteiger partial charge in [-0.3, -0.25) is 0 Å². The fraction of sp³-hybridized carbons (Fsp3) is 0.0500. The van der Waals surface area contributed by atoms with Crippen LogP contribution in [0.1, 0.15) is 10.6 Å². The summed E-state index contributed by atoms with van der Waals surface area (Å²) in [6.07, 6.45) is 7.60. The van der Waals surface area contributed by atoms with Gasteiger partial charge in [-0.1, -0.05) is 30.3 Å². The predicted octanol–water partition coefficient (Wildman–Crippen LogP) is 4.93. The van der Waals surface area contributed by atoms with E-state index in [1.807, 2.05) is 73.1 Å². The van der Waals surface area contributed by atoms with E-state index in [0.717, 1.165) is 37.9 Å². The van der Waals surface area contributed by atoms with E-state index in [0.29, 0.717) is 0 Å². The van der Waals surface area contributed by atoms with E-state index in [1.54, 1.807) is 18.4 Å². The van der Waals surface area contributed by atoms with E-state index >= 15 is 0 Å². The van der Waals surface area contributed by atoms with E-state index in [2.05, 4.69) is 15.0 Å². The third kappa shape index (κ3) is 3.41. The molecule has 122 valence electrons. The molecule has 0 bridgehead atoms. The molecule has 2 aromatic carbocycles. The first-order chi connectivity index (χ1) is 12.3. The van der Waals surface area contributed by atoms with Crippen molar-refractivity contribution in [1.82, 2.24) is 15.0 Å². The molecule has 0 saturated carbocycles. The molecule has 0 aliphatic rings. The number of thiazole rings is 1. The zero-order valence-electron chi connectivity index (χ0n) is 13.6. The highest BCUT2D eigenvalue weighted by Gasteiger charge is 2.03. The minimum atomic E-state index is 0.727. The second kappa shape index (κ2) is 6.83. The van der Waals surface area contributed by atoms with E-state index in [4.69, 9.17) is 4.74 Å². The second-order valence-electron chi connectivity index (χ2n) is 5.43. The van der Waals surface area contributed by atoms with Crippen LogP contribution in [0.5, 0.6) is 5.75 Å². The molecule has 0 aliphatic carbocycles. The Morgan fingerprint density at radius 1 is 0.960 bits per heavy atom. The van der Waals surface area contributed by atoms with Crippen molar-refractivity contribution in [3.05, 3.63) is 71.5 Å². The van der Waals surface area contributed by atoms with Gasteiger partial charge >= 0.3 is 0 Å². The molecule has 25 heavy (non-hydrogen) atoms. The molecule has 2 aromatic heterocycles. The predicted molar refractivity (Wildman–Crippen MR) is 103 cm³/mol. The van der Waals surface area contributed by atoms with Crippen molar-refractivity contribution < 1.29 is 4.74 Å². The van der Waals surface area contributed by atoms with Crippen LogP contribution in [0.4, 0.5) is 0 Å². The van der Waals surface area contributed by atoms with Crippen LogP contribution in [0.15, 0.2) is 60.9 Å². The molecule has 0 amide bonds. The van der Waals surface area contributed by atoms with Crippen molar-refractivity contribution in [1.29, 1.82) is 0 Å². The molecule has 4 rings (SSSR count). The third-order valence-electron chi connectivity index (χ3n) is 3.73. The Labute approximate surface area is 149 Å². The summed E-state index contributed by atoms with van der Waals surface area (Å²) < 4.78 is 6.36. The Kier molecular flexibility index (Phi) is 4.23. The van der Waals surface area contributed by atoms with Gasteiger partial charge in [0.05, 0.1) is 17.3 Å². The Morgan fingerprint density at radius 3 is 2.52 bits per heavy atom. The fourth-order valence-corrected chi connectivity index (χ4v) is 3.35. The molecule has 2 heterocycles. The molecule has 0 N–H and O–H groups in total.